The van der Waals surface area contributed by atoms with Crippen LogP contribution in [0.5, 0.6) is 0 Å². The maximum atomic E-state index is 11.1. The van der Waals surface area contributed by atoms with Crippen LogP contribution in [0.3, 0.4) is 0 Å². The van der Waals surface area contributed by atoms with E-state index in [0.29, 0.717) is 6.54 Å². The van der Waals surface area contributed by atoms with Crippen molar-refractivity contribution in [1.29, 1.82) is 0 Å². The molecule has 0 radical (unpaired) electrons. The summed E-state index contributed by atoms with van der Waals surface area (Å²) in [5.74, 6) is 0. The number of aromatic nitrogens is 1. The minimum atomic E-state index is 0.0248. The second-order valence-corrected chi connectivity index (χ2v) is 3.19. The number of rotatable bonds is 2. The summed E-state index contributed by atoms with van der Waals surface area (Å²) in [6, 6.07) is 5.20. The highest BCUT2D eigenvalue weighted by Crippen LogP contribution is 1.99. The lowest BCUT2D eigenvalue weighted by molar-refractivity contribution is 0.757. The van der Waals surface area contributed by atoms with Crippen LogP contribution in [0.4, 0.5) is 0 Å². The Morgan fingerprint density at radius 3 is 2.91 bits per heavy atom. The molecule has 0 unspecified atom stereocenters. The van der Waals surface area contributed by atoms with Crippen molar-refractivity contribution in [2.24, 2.45) is 0 Å². The normalized spacial score (nSPS) is 9.55. The Balaban J connectivity index is 3.20. The lowest BCUT2D eigenvalue weighted by Crippen LogP contribution is -2.19. The molecule has 2 nitrogen and oxygen atoms in total. The number of hydrogen-bond donors (Lipinski definition) is 0. The molecule has 1 heterocycles. The van der Waals surface area contributed by atoms with Crippen LogP contribution in [0.15, 0.2) is 35.6 Å². The average molecular weight is 261 g/mol. The molecule has 0 aromatic carbocycles. The molecule has 0 N–H and O–H groups in total. The Bertz CT molecular complexity index is 316. The Morgan fingerprint density at radius 1 is 1.64 bits per heavy atom. The first-order valence-electron chi connectivity index (χ1n) is 3.22. The summed E-state index contributed by atoms with van der Waals surface area (Å²) >= 11 is 2.12. The molecule has 0 amide bonds. The fourth-order valence-corrected chi connectivity index (χ4v) is 1.44. The van der Waals surface area contributed by atoms with Gasteiger partial charge in [-0.2, -0.15) is 0 Å². The molecule has 1 aromatic heterocycles. The molecule has 0 aliphatic rings. The number of halogens is 1. The van der Waals surface area contributed by atoms with Gasteiger partial charge in [0.15, 0.2) is 0 Å². The van der Waals surface area contributed by atoms with E-state index >= 15 is 0 Å². The molecule has 0 saturated carbocycles. The summed E-state index contributed by atoms with van der Waals surface area (Å²) in [5, 5.41) is 0. The molecule has 3 heteroatoms. The van der Waals surface area contributed by atoms with Gasteiger partial charge in [0.1, 0.15) is 0 Å². The molecule has 58 valence electrons. The van der Waals surface area contributed by atoms with Crippen molar-refractivity contribution in [2.75, 3.05) is 0 Å². The quantitative estimate of drug-likeness (QED) is 0.450. The predicted molar refractivity (Wildman–Crippen MR) is 53.6 cm³/mol. The Labute approximate surface area is 78.7 Å². The third kappa shape index (κ3) is 1.92. The molecule has 0 aliphatic heterocycles. The van der Waals surface area contributed by atoms with Gasteiger partial charge in [0.05, 0.1) is 3.70 Å². The highest BCUT2D eigenvalue weighted by molar-refractivity contribution is 14.1. The van der Waals surface area contributed by atoms with E-state index in [-0.39, 0.29) is 5.56 Å². The summed E-state index contributed by atoms with van der Waals surface area (Å²) in [5.41, 5.74) is 0.0248. The molecule has 0 aliphatic carbocycles. The van der Waals surface area contributed by atoms with Gasteiger partial charge in [-0.15, -0.1) is 6.58 Å². The van der Waals surface area contributed by atoms with Crippen molar-refractivity contribution >= 4 is 22.6 Å². The topological polar surface area (TPSA) is 22.0 Å². The average Bonchev–Trinajstić information content (AvgIpc) is 1.97. The summed E-state index contributed by atoms with van der Waals surface area (Å²) in [7, 11) is 0. The first-order valence-corrected chi connectivity index (χ1v) is 4.30. The summed E-state index contributed by atoms with van der Waals surface area (Å²) in [4.78, 5) is 11.1. The summed E-state index contributed by atoms with van der Waals surface area (Å²) in [6.45, 7) is 4.16. The van der Waals surface area contributed by atoms with Gasteiger partial charge in [-0.1, -0.05) is 12.1 Å². The van der Waals surface area contributed by atoms with Crippen molar-refractivity contribution < 1.29 is 0 Å². The zero-order chi connectivity index (χ0) is 8.27. The molecular formula is C8H8INO. The van der Waals surface area contributed by atoms with Crippen LogP contribution < -0.4 is 5.56 Å². The van der Waals surface area contributed by atoms with Crippen molar-refractivity contribution in [3.05, 3.63) is 44.9 Å². The fourth-order valence-electron chi connectivity index (χ4n) is 0.801. The van der Waals surface area contributed by atoms with Gasteiger partial charge in [0, 0.05) is 12.6 Å². The van der Waals surface area contributed by atoms with E-state index in [9.17, 15) is 4.79 Å². The van der Waals surface area contributed by atoms with Crippen LogP contribution in [-0.2, 0) is 6.54 Å². The summed E-state index contributed by atoms with van der Waals surface area (Å²) < 4.78 is 2.60. The Hall–Kier alpha value is -0.580. The molecule has 0 spiro atoms. The van der Waals surface area contributed by atoms with Crippen molar-refractivity contribution in [2.45, 2.75) is 6.54 Å². The smallest absolute Gasteiger partial charge is 0.251 e. The Morgan fingerprint density at radius 2 is 2.36 bits per heavy atom. The lowest BCUT2D eigenvalue weighted by Gasteiger charge is -2.02. The maximum Gasteiger partial charge on any atom is 0.251 e. The molecule has 0 fully saturated rings. The standard InChI is InChI=1S/C8H8INO/c1-2-6-10-7(9)4-3-5-8(10)11/h2-5H,1,6H2. The van der Waals surface area contributed by atoms with Crippen molar-refractivity contribution in [3.8, 4) is 0 Å². The van der Waals surface area contributed by atoms with E-state index in [1.54, 1.807) is 22.8 Å². The predicted octanol–water partition coefficient (Wildman–Crippen LogP) is 1.64. The zero-order valence-corrected chi connectivity index (χ0v) is 8.11. The van der Waals surface area contributed by atoms with Crippen LogP contribution in [0.1, 0.15) is 0 Å². The van der Waals surface area contributed by atoms with Gasteiger partial charge < -0.3 is 0 Å². The molecule has 11 heavy (non-hydrogen) atoms. The molecule has 1 rings (SSSR count). The van der Waals surface area contributed by atoms with Crippen LogP contribution in [-0.4, -0.2) is 4.57 Å². The number of hydrogen-bond acceptors (Lipinski definition) is 1. The fraction of sp³-hybridized carbons (Fsp3) is 0.125. The van der Waals surface area contributed by atoms with E-state index in [4.69, 9.17) is 0 Å². The van der Waals surface area contributed by atoms with Gasteiger partial charge in [-0.25, -0.2) is 0 Å². The second-order valence-electron chi connectivity index (χ2n) is 2.09. The number of nitrogens with zero attached hydrogens (tertiary/aromatic N) is 1. The van der Waals surface area contributed by atoms with Crippen LogP contribution in [0.2, 0.25) is 0 Å². The number of allylic oxidation sites excluding steroid dienone is 1. The third-order valence-electron chi connectivity index (χ3n) is 1.31. The lowest BCUT2D eigenvalue weighted by atomic mass is 10.4. The van der Waals surface area contributed by atoms with E-state index < -0.39 is 0 Å². The largest absolute Gasteiger partial charge is 0.300 e. The van der Waals surface area contributed by atoms with Crippen LogP contribution >= 0.6 is 22.6 Å². The van der Waals surface area contributed by atoms with Gasteiger partial charge in [0.2, 0.25) is 0 Å². The highest BCUT2D eigenvalue weighted by atomic mass is 127. The molecule has 0 atom stereocenters. The SMILES string of the molecule is C=CCn1c(I)cccc1=O. The van der Waals surface area contributed by atoms with Gasteiger partial charge in [-0.3, -0.25) is 9.36 Å². The van der Waals surface area contributed by atoms with E-state index in [0.717, 1.165) is 3.70 Å². The minimum Gasteiger partial charge on any atom is -0.300 e. The first-order chi connectivity index (χ1) is 5.25. The monoisotopic (exact) mass is 261 g/mol. The second kappa shape index (κ2) is 3.71. The van der Waals surface area contributed by atoms with Crippen molar-refractivity contribution in [3.63, 3.8) is 0 Å². The minimum absolute atomic E-state index is 0.0248. The Kier molecular flexibility index (Phi) is 2.87. The van der Waals surface area contributed by atoms with Gasteiger partial charge in [0.25, 0.3) is 5.56 Å². The van der Waals surface area contributed by atoms with Crippen LogP contribution in [0, 0.1) is 3.70 Å². The maximum absolute atomic E-state index is 11.1. The number of pyridine rings is 1. The molecule has 1 aromatic rings. The van der Waals surface area contributed by atoms with Crippen molar-refractivity contribution in [1.82, 2.24) is 4.57 Å². The van der Waals surface area contributed by atoms with Gasteiger partial charge >= 0.3 is 0 Å². The van der Waals surface area contributed by atoms with Gasteiger partial charge in [-0.05, 0) is 28.7 Å². The third-order valence-corrected chi connectivity index (χ3v) is 2.25. The highest BCUT2D eigenvalue weighted by Gasteiger charge is 1.95. The van der Waals surface area contributed by atoms with E-state index in [1.807, 2.05) is 6.07 Å². The molecule has 0 bridgehead atoms. The van der Waals surface area contributed by atoms with E-state index in [2.05, 4.69) is 29.2 Å². The summed E-state index contributed by atoms with van der Waals surface area (Å²) in [6.07, 6.45) is 1.71. The van der Waals surface area contributed by atoms with Crippen LogP contribution in [0.25, 0.3) is 0 Å². The first kappa shape index (κ1) is 8.52. The zero-order valence-electron chi connectivity index (χ0n) is 5.96. The van der Waals surface area contributed by atoms with E-state index in [1.165, 1.54) is 0 Å². The molecular weight excluding hydrogens is 253 g/mol. The molecule has 0 saturated heterocycles.